The van der Waals surface area contributed by atoms with E-state index in [-0.39, 0.29) is 0 Å². The van der Waals surface area contributed by atoms with Crippen LogP contribution in [0.15, 0.2) is 109 Å². The van der Waals surface area contributed by atoms with Crippen molar-refractivity contribution in [3.05, 3.63) is 120 Å². The van der Waals surface area contributed by atoms with E-state index < -0.39 is 0 Å². The number of fused-ring (bicyclic) bond motifs is 5. The summed E-state index contributed by atoms with van der Waals surface area (Å²) in [6.45, 7) is 9.21. The van der Waals surface area contributed by atoms with Gasteiger partial charge < -0.3 is 0 Å². The van der Waals surface area contributed by atoms with Gasteiger partial charge in [-0.15, -0.1) is 0 Å². The Morgan fingerprint density at radius 1 is 0.400 bits per heavy atom. The lowest BCUT2D eigenvalue weighted by Gasteiger charge is -2.22. The van der Waals surface area contributed by atoms with Gasteiger partial charge in [-0.1, -0.05) is 137 Å². The molecule has 0 bridgehead atoms. The molecule has 0 amide bonds. The van der Waals surface area contributed by atoms with Gasteiger partial charge in [-0.2, -0.15) is 0 Å². The summed E-state index contributed by atoms with van der Waals surface area (Å²) in [4.78, 5) is 0. The zero-order chi connectivity index (χ0) is 27.1. The van der Waals surface area contributed by atoms with E-state index >= 15 is 0 Å². The molecule has 0 spiro atoms. The predicted molar refractivity (Wildman–Crippen MR) is 176 cm³/mol. The Hall–Kier alpha value is -4.42. The maximum atomic E-state index is 2.42. The van der Waals surface area contributed by atoms with Gasteiger partial charge in [0.1, 0.15) is 0 Å². The van der Waals surface area contributed by atoms with Crippen LogP contribution >= 0.6 is 0 Å². The number of hydrogen-bond acceptors (Lipinski definition) is 0. The molecule has 0 fully saturated rings. The van der Waals surface area contributed by atoms with Gasteiger partial charge in [-0.25, -0.2) is 0 Å². The molecule has 0 aromatic heterocycles. The lowest BCUT2D eigenvalue weighted by Crippen LogP contribution is -1.96. The summed E-state index contributed by atoms with van der Waals surface area (Å²) in [6, 6.07) is 41.4. The molecular formula is C40H32. The second-order valence-electron chi connectivity index (χ2n) is 12.1. The third-order valence-electron chi connectivity index (χ3n) is 9.13. The van der Waals surface area contributed by atoms with Crippen LogP contribution in [0.1, 0.15) is 50.7 Å². The monoisotopic (exact) mass is 512 g/mol. The average Bonchev–Trinajstić information content (AvgIpc) is 2.98. The predicted octanol–water partition coefficient (Wildman–Crippen LogP) is 12.0. The van der Waals surface area contributed by atoms with E-state index in [1.165, 1.54) is 86.9 Å². The van der Waals surface area contributed by atoms with Crippen molar-refractivity contribution in [1.29, 1.82) is 0 Å². The Balaban J connectivity index is 1.67. The van der Waals surface area contributed by atoms with Gasteiger partial charge in [0.25, 0.3) is 0 Å². The first-order valence-electron chi connectivity index (χ1n) is 14.6. The summed E-state index contributed by atoms with van der Waals surface area (Å²) >= 11 is 0. The average molecular weight is 513 g/mol. The maximum absolute atomic E-state index is 2.42. The van der Waals surface area contributed by atoms with Gasteiger partial charge in [0.15, 0.2) is 0 Å². The highest BCUT2D eigenvalue weighted by Gasteiger charge is 2.22. The maximum Gasteiger partial charge on any atom is -0.00136 e. The highest BCUT2D eigenvalue weighted by molar-refractivity contribution is 6.41. The van der Waals surface area contributed by atoms with Crippen molar-refractivity contribution in [3.63, 3.8) is 0 Å². The van der Waals surface area contributed by atoms with E-state index in [0.29, 0.717) is 11.8 Å². The zero-order valence-corrected chi connectivity index (χ0v) is 23.5. The van der Waals surface area contributed by atoms with Crippen LogP contribution in [0, 0.1) is 0 Å². The van der Waals surface area contributed by atoms with E-state index in [1.54, 1.807) is 0 Å². The quantitative estimate of drug-likeness (QED) is 0.163. The molecule has 0 heteroatoms. The molecule has 8 aromatic carbocycles. The smallest absolute Gasteiger partial charge is 0.00136 e. The Kier molecular flexibility index (Phi) is 5.01. The Morgan fingerprint density at radius 2 is 1.02 bits per heavy atom. The molecule has 0 N–H and O–H groups in total. The molecule has 0 nitrogen and oxygen atoms in total. The topological polar surface area (TPSA) is 0 Å². The lowest BCUT2D eigenvalue weighted by molar-refractivity contribution is 0.869. The summed E-state index contributed by atoms with van der Waals surface area (Å²) in [5.74, 6) is 0.925. The molecule has 0 saturated carbocycles. The van der Waals surface area contributed by atoms with E-state index in [1.807, 2.05) is 0 Å². The van der Waals surface area contributed by atoms with E-state index in [0.717, 1.165) is 0 Å². The SMILES string of the molecule is CC(C)c1ccc2cccc(-c3c4ccccc4c4c5cccc6ccc(C(C)C)c(c7cccc3c74)c65)c2c1. The van der Waals surface area contributed by atoms with E-state index in [2.05, 4.69) is 137 Å². The lowest BCUT2D eigenvalue weighted by atomic mass is 9.80. The first-order chi connectivity index (χ1) is 19.5. The summed E-state index contributed by atoms with van der Waals surface area (Å²) in [7, 11) is 0. The largest absolute Gasteiger partial charge is 0.0616 e. The van der Waals surface area contributed by atoms with E-state index in [9.17, 15) is 0 Å². The number of rotatable bonds is 3. The Morgan fingerprint density at radius 3 is 1.82 bits per heavy atom. The number of benzene rings is 8. The summed E-state index contributed by atoms with van der Waals surface area (Å²) in [5, 5.41) is 16.3. The fourth-order valence-electron chi connectivity index (χ4n) is 7.25. The van der Waals surface area contributed by atoms with Gasteiger partial charge >= 0.3 is 0 Å². The molecule has 0 heterocycles. The summed E-state index contributed by atoms with van der Waals surface area (Å²) < 4.78 is 0. The van der Waals surface area contributed by atoms with Crippen LogP contribution in [0.3, 0.4) is 0 Å². The minimum atomic E-state index is 0.441. The molecular weight excluding hydrogens is 480 g/mol. The number of hydrogen-bond donors (Lipinski definition) is 0. The molecule has 0 radical (unpaired) electrons. The van der Waals surface area contributed by atoms with Crippen LogP contribution in [0.4, 0.5) is 0 Å². The molecule has 0 aliphatic heterocycles. The molecule has 0 unspecified atom stereocenters. The molecule has 0 aliphatic carbocycles. The first-order valence-corrected chi connectivity index (χ1v) is 14.6. The standard InChI is InChI=1S/C40H32/c1-23(2)27-19-18-25-10-7-14-31(35(25)22-27)37-29-12-5-6-13-30(29)39-32-15-8-11-26-20-21-28(24(3)4)38(36(26)32)34-17-9-16-33(37)40(34)39/h5-24H,1-4H3. The van der Waals surface area contributed by atoms with Gasteiger partial charge in [0.05, 0.1) is 0 Å². The molecule has 8 aromatic rings. The van der Waals surface area contributed by atoms with Crippen LogP contribution in [0.5, 0.6) is 0 Å². The molecule has 8 rings (SSSR count). The van der Waals surface area contributed by atoms with Gasteiger partial charge in [-0.05, 0) is 98.7 Å². The van der Waals surface area contributed by atoms with E-state index in [4.69, 9.17) is 0 Å². The minimum Gasteiger partial charge on any atom is -0.0616 e. The minimum absolute atomic E-state index is 0.441. The van der Waals surface area contributed by atoms with Gasteiger partial charge in [0.2, 0.25) is 0 Å². The fourth-order valence-corrected chi connectivity index (χ4v) is 7.25. The van der Waals surface area contributed by atoms with Crippen molar-refractivity contribution in [2.24, 2.45) is 0 Å². The Labute approximate surface area is 235 Å². The second-order valence-corrected chi connectivity index (χ2v) is 12.1. The summed E-state index contributed by atoms with van der Waals surface area (Å²) in [6.07, 6.45) is 0. The molecule has 0 saturated heterocycles. The Bertz CT molecular complexity index is 2260. The van der Waals surface area contributed by atoms with Crippen LogP contribution < -0.4 is 0 Å². The molecule has 192 valence electrons. The third-order valence-corrected chi connectivity index (χ3v) is 9.13. The fraction of sp³-hybridized carbons (Fsp3) is 0.150. The van der Waals surface area contributed by atoms with Crippen molar-refractivity contribution < 1.29 is 0 Å². The van der Waals surface area contributed by atoms with Crippen LogP contribution in [0.2, 0.25) is 0 Å². The van der Waals surface area contributed by atoms with Gasteiger partial charge in [0, 0.05) is 0 Å². The van der Waals surface area contributed by atoms with Crippen molar-refractivity contribution in [3.8, 4) is 11.1 Å². The zero-order valence-electron chi connectivity index (χ0n) is 23.5. The first kappa shape index (κ1) is 23.5. The van der Waals surface area contributed by atoms with Crippen LogP contribution in [-0.4, -0.2) is 0 Å². The molecule has 0 aliphatic rings. The highest BCUT2D eigenvalue weighted by Crippen LogP contribution is 2.49. The highest BCUT2D eigenvalue weighted by atomic mass is 14.2. The van der Waals surface area contributed by atoms with Crippen molar-refractivity contribution >= 4 is 64.6 Å². The van der Waals surface area contributed by atoms with Crippen LogP contribution in [0.25, 0.3) is 75.8 Å². The van der Waals surface area contributed by atoms with Crippen molar-refractivity contribution in [2.45, 2.75) is 39.5 Å². The third kappa shape index (κ3) is 3.14. The second kappa shape index (κ2) is 8.54. The normalized spacial score (nSPS) is 12.4. The summed E-state index contributed by atoms with van der Waals surface area (Å²) in [5.41, 5.74) is 5.48. The van der Waals surface area contributed by atoms with Crippen molar-refractivity contribution in [2.75, 3.05) is 0 Å². The molecule has 0 atom stereocenters. The molecule has 40 heavy (non-hydrogen) atoms. The van der Waals surface area contributed by atoms with Crippen LogP contribution in [-0.2, 0) is 0 Å². The van der Waals surface area contributed by atoms with Crippen molar-refractivity contribution in [1.82, 2.24) is 0 Å². The van der Waals surface area contributed by atoms with Gasteiger partial charge in [-0.3, -0.25) is 0 Å².